The first-order valence-corrected chi connectivity index (χ1v) is 12.6. The van der Waals surface area contributed by atoms with Gasteiger partial charge in [-0.15, -0.1) is 11.3 Å². The number of thiophene rings is 1. The average Bonchev–Trinajstić information content (AvgIpc) is 3.33. The van der Waals surface area contributed by atoms with E-state index in [-0.39, 0.29) is 6.09 Å². The number of hydrogen-bond donors (Lipinski definition) is 1. The van der Waals surface area contributed by atoms with Crippen LogP contribution in [0, 0.1) is 12.8 Å². The number of nitrogens with zero attached hydrogens (tertiary/aromatic N) is 3. The summed E-state index contributed by atoms with van der Waals surface area (Å²) < 4.78 is 5.65. The van der Waals surface area contributed by atoms with Crippen LogP contribution in [0.15, 0.2) is 23.6 Å². The Morgan fingerprint density at radius 3 is 2.87 bits per heavy atom. The van der Waals surface area contributed by atoms with Crippen molar-refractivity contribution in [2.75, 3.05) is 19.7 Å². The normalized spacial score (nSPS) is 28.4. The fraction of sp³-hybridized carbons (Fsp3) is 0.625. The lowest BCUT2D eigenvalue weighted by Crippen LogP contribution is -2.54. The zero-order chi connectivity index (χ0) is 21.2. The van der Waals surface area contributed by atoms with Crippen LogP contribution in [0.4, 0.5) is 4.79 Å². The van der Waals surface area contributed by atoms with Gasteiger partial charge in [-0.2, -0.15) is 0 Å². The summed E-state index contributed by atoms with van der Waals surface area (Å²) in [5.74, 6) is 1.86. The minimum atomic E-state index is -0.238. The highest BCUT2D eigenvalue weighted by Gasteiger charge is 2.42. The van der Waals surface area contributed by atoms with Crippen molar-refractivity contribution in [1.29, 1.82) is 0 Å². The number of amides is 1. The molecule has 5 heterocycles. The third kappa shape index (κ3) is 4.77. The SMILES string of the molecule is Cc1nc(-c2cccs2)cc([C@@H]2CN3CC[C@H]2C[C@@H]3COC(=O)NC2CCCCC2)n1. The number of nitrogens with one attached hydrogen (secondary N) is 1. The number of alkyl carbamates (subject to hydrolysis) is 1. The zero-order valence-corrected chi connectivity index (χ0v) is 19.1. The number of fused-ring (bicyclic) bond motifs is 3. The molecule has 7 heteroatoms. The molecule has 4 aliphatic rings. The molecule has 31 heavy (non-hydrogen) atoms. The largest absolute Gasteiger partial charge is 0.448 e. The Morgan fingerprint density at radius 2 is 2.13 bits per heavy atom. The second-order valence-corrected chi connectivity index (χ2v) is 10.3. The van der Waals surface area contributed by atoms with Crippen molar-refractivity contribution >= 4 is 17.4 Å². The highest BCUT2D eigenvalue weighted by molar-refractivity contribution is 7.13. The monoisotopic (exact) mass is 440 g/mol. The maximum atomic E-state index is 12.3. The Labute approximate surface area is 188 Å². The van der Waals surface area contributed by atoms with Crippen molar-refractivity contribution in [3.63, 3.8) is 0 Å². The minimum Gasteiger partial charge on any atom is -0.448 e. The molecule has 0 radical (unpaired) electrons. The van der Waals surface area contributed by atoms with E-state index in [9.17, 15) is 4.79 Å². The number of rotatable bonds is 5. The molecular formula is C24H32N4O2S. The van der Waals surface area contributed by atoms with E-state index in [1.54, 1.807) is 11.3 Å². The number of carbonyl (C=O) groups excluding carboxylic acids is 1. The predicted octanol–water partition coefficient (Wildman–Crippen LogP) is 4.75. The van der Waals surface area contributed by atoms with Crippen LogP contribution >= 0.6 is 11.3 Å². The molecule has 1 saturated carbocycles. The van der Waals surface area contributed by atoms with Gasteiger partial charge in [0, 0.05) is 30.2 Å². The quantitative estimate of drug-likeness (QED) is 0.727. The molecule has 1 amide bonds. The van der Waals surface area contributed by atoms with E-state index in [1.807, 2.05) is 6.92 Å². The number of ether oxygens (including phenoxy) is 1. The maximum absolute atomic E-state index is 12.3. The van der Waals surface area contributed by atoms with E-state index < -0.39 is 0 Å². The van der Waals surface area contributed by atoms with Crippen LogP contribution in [-0.4, -0.2) is 52.7 Å². The summed E-state index contributed by atoms with van der Waals surface area (Å²) in [4.78, 5) is 25.5. The van der Waals surface area contributed by atoms with E-state index in [4.69, 9.17) is 9.72 Å². The number of hydrogen-bond acceptors (Lipinski definition) is 6. The third-order valence-corrected chi connectivity index (χ3v) is 8.12. The van der Waals surface area contributed by atoms with Gasteiger partial charge in [0.15, 0.2) is 0 Å². The van der Waals surface area contributed by atoms with Crippen molar-refractivity contribution < 1.29 is 9.53 Å². The molecule has 1 unspecified atom stereocenters. The van der Waals surface area contributed by atoms with Crippen molar-refractivity contribution in [2.45, 2.75) is 69.9 Å². The summed E-state index contributed by atoms with van der Waals surface area (Å²) in [7, 11) is 0. The Balaban J connectivity index is 1.20. The van der Waals surface area contributed by atoms with Crippen LogP contribution in [0.3, 0.4) is 0 Å². The highest BCUT2D eigenvalue weighted by atomic mass is 32.1. The van der Waals surface area contributed by atoms with Crippen molar-refractivity contribution in [1.82, 2.24) is 20.2 Å². The van der Waals surface area contributed by atoms with E-state index in [2.05, 4.69) is 38.8 Å². The van der Waals surface area contributed by atoms with Gasteiger partial charge in [0.05, 0.1) is 10.6 Å². The molecule has 0 aromatic carbocycles. The summed E-state index contributed by atoms with van der Waals surface area (Å²) >= 11 is 1.72. The van der Waals surface area contributed by atoms with Crippen molar-refractivity contribution in [2.24, 2.45) is 5.92 Å². The van der Waals surface area contributed by atoms with Gasteiger partial charge in [-0.1, -0.05) is 25.3 Å². The predicted molar refractivity (Wildman–Crippen MR) is 122 cm³/mol. The van der Waals surface area contributed by atoms with Crippen molar-refractivity contribution in [3.8, 4) is 10.6 Å². The summed E-state index contributed by atoms with van der Waals surface area (Å²) in [5, 5.41) is 5.16. The van der Waals surface area contributed by atoms with E-state index >= 15 is 0 Å². The topological polar surface area (TPSA) is 67.4 Å². The lowest BCUT2D eigenvalue weighted by Gasteiger charge is -2.49. The molecular weight excluding hydrogens is 408 g/mol. The number of aryl methyl sites for hydroxylation is 1. The van der Waals surface area contributed by atoms with Crippen LogP contribution < -0.4 is 5.32 Å². The summed E-state index contributed by atoms with van der Waals surface area (Å²) in [6.07, 6.45) is 7.89. The number of piperidine rings is 3. The second kappa shape index (κ2) is 9.25. The molecule has 2 bridgehead atoms. The molecule has 4 fully saturated rings. The molecule has 1 aliphatic carbocycles. The van der Waals surface area contributed by atoms with Gasteiger partial charge >= 0.3 is 6.09 Å². The summed E-state index contributed by atoms with van der Waals surface area (Å²) in [6, 6.07) is 7.01. The first-order chi connectivity index (χ1) is 15.2. The van der Waals surface area contributed by atoms with Gasteiger partial charge < -0.3 is 10.1 Å². The van der Waals surface area contributed by atoms with Crippen LogP contribution in [0.5, 0.6) is 0 Å². The minimum absolute atomic E-state index is 0.238. The Bertz CT molecular complexity index is 897. The molecule has 166 valence electrons. The Kier molecular flexibility index (Phi) is 6.23. The smallest absolute Gasteiger partial charge is 0.407 e. The molecule has 0 spiro atoms. The number of carbonyl (C=O) groups is 1. The molecule has 2 aromatic heterocycles. The van der Waals surface area contributed by atoms with E-state index in [0.29, 0.717) is 30.5 Å². The lowest BCUT2D eigenvalue weighted by molar-refractivity contribution is -0.00403. The van der Waals surface area contributed by atoms with Gasteiger partial charge in [-0.05, 0) is 62.6 Å². The molecule has 1 N–H and O–H groups in total. The van der Waals surface area contributed by atoms with Gasteiger partial charge in [-0.3, -0.25) is 4.90 Å². The number of aromatic nitrogens is 2. The standard InChI is InChI=1S/C24H32N4O2S/c1-16-25-21(13-22(26-16)23-8-5-11-31-23)20-14-28-10-9-17(20)12-19(28)15-30-24(29)27-18-6-3-2-4-7-18/h5,8,11,13,17-20H,2-4,6-7,9-10,12,14-15H2,1H3,(H,27,29)/t17-,19+,20+/m0/s1. The summed E-state index contributed by atoms with van der Waals surface area (Å²) in [5.41, 5.74) is 2.20. The average molecular weight is 441 g/mol. The van der Waals surface area contributed by atoms with Crippen LogP contribution in [0.2, 0.25) is 0 Å². The molecule has 3 saturated heterocycles. The first-order valence-electron chi connectivity index (χ1n) is 11.7. The maximum Gasteiger partial charge on any atom is 0.407 e. The van der Waals surface area contributed by atoms with Crippen LogP contribution in [-0.2, 0) is 4.74 Å². The highest BCUT2D eigenvalue weighted by Crippen LogP contribution is 2.42. The molecule has 2 aromatic rings. The van der Waals surface area contributed by atoms with Crippen LogP contribution in [0.25, 0.3) is 10.6 Å². The third-order valence-electron chi connectivity index (χ3n) is 7.22. The van der Waals surface area contributed by atoms with E-state index in [0.717, 1.165) is 43.9 Å². The van der Waals surface area contributed by atoms with Crippen molar-refractivity contribution in [3.05, 3.63) is 35.1 Å². The van der Waals surface area contributed by atoms with Gasteiger partial charge in [0.1, 0.15) is 12.4 Å². The molecule has 6 rings (SSSR count). The van der Waals surface area contributed by atoms with Crippen LogP contribution in [0.1, 0.15) is 62.4 Å². The first kappa shape index (κ1) is 20.9. The molecule has 4 atom stereocenters. The zero-order valence-electron chi connectivity index (χ0n) is 18.3. The molecule has 6 nitrogen and oxygen atoms in total. The van der Waals surface area contributed by atoms with Gasteiger partial charge in [-0.25, -0.2) is 14.8 Å². The second-order valence-electron chi connectivity index (χ2n) is 9.32. The van der Waals surface area contributed by atoms with Gasteiger partial charge in [0.25, 0.3) is 0 Å². The van der Waals surface area contributed by atoms with Gasteiger partial charge in [0.2, 0.25) is 0 Å². The lowest BCUT2D eigenvalue weighted by atomic mass is 9.74. The Hall–Kier alpha value is -1.99. The Morgan fingerprint density at radius 1 is 1.26 bits per heavy atom. The summed E-state index contributed by atoms with van der Waals surface area (Å²) in [6.45, 7) is 4.55. The fourth-order valence-corrected chi connectivity index (χ4v) is 6.29. The molecule has 3 aliphatic heterocycles. The fourth-order valence-electron chi connectivity index (χ4n) is 5.61. The van der Waals surface area contributed by atoms with E-state index in [1.165, 1.54) is 36.3 Å².